The maximum Gasteiger partial charge on any atom is 0.0449 e. The van der Waals surface area contributed by atoms with E-state index in [1.54, 1.807) is 0 Å². The van der Waals surface area contributed by atoms with Crippen LogP contribution in [0.15, 0.2) is 11.6 Å². The summed E-state index contributed by atoms with van der Waals surface area (Å²) in [6, 6.07) is 0.361. The van der Waals surface area contributed by atoms with E-state index in [1.165, 1.54) is 44.1 Å². The Labute approximate surface area is 118 Å². The van der Waals surface area contributed by atoms with Crippen LogP contribution in [0.25, 0.3) is 0 Å². The number of allylic oxidation sites excluding steroid dienone is 1. The Morgan fingerprint density at radius 1 is 1.11 bits per heavy atom. The van der Waals surface area contributed by atoms with Gasteiger partial charge in [0.1, 0.15) is 0 Å². The summed E-state index contributed by atoms with van der Waals surface area (Å²) in [5, 5.41) is 0. The molecule has 0 saturated heterocycles. The number of hydrazine groups is 1. The second-order valence-electron chi connectivity index (χ2n) is 8.88. The topological polar surface area (TPSA) is 38.0 Å². The maximum absolute atomic E-state index is 5.93. The first-order valence-electron chi connectivity index (χ1n) is 7.89. The molecule has 4 rings (SSSR count). The summed E-state index contributed by atoms with van der Waals surface area (Å²) in [5.41, 5.74) is 6.08. The zero-order chi connectivity index (χ0) is 13.9. The Morgan fingerprint density at radius 3 is 2.11 bits per heavy atom. The molecule has 0 amide bonds. The molecule has 0 aromatic rings. The SMILES string of the molecule is CC(C)=CC(NN)C12CC3CC(C)(CC(C)(C3)C1)C2. The smallest absolute Gasteiger partial charge is 0.0449 e. The highest BCUT2D eigenvalue weighted by Crippen LogP contribution is 2.70. The van der Waals surface area contributed by atoms with Gasteiger partial charge in [0.15, 0.2) is 0 Å². The van der Waals surface area contributed by atoms with Crippen LogP contribution in [-0.2, 0) is 0 Å². The van der Waals surface area contributed by atoms with Gasteiger partial charge in [-0.1, -0.05) is 25.5 Å². The van der Waals surface area contributed by atoms with Gasteiger partial charge >= 0.3 is 0 Å². The molecule has 0 radical (unpaired) electrons. The van der Waals surface area contributed by atoms with Crippen molar-refractivity contribution in [3.63, 3.8) is 0 Å². The molecular weight excluding hydrogens is 232 g/mol. The van der Waals surface area contributed by atoms with E-state index in [0.717, 1.165) is 5.92 Å². The molecule has 19 heavy (non-hydrogen) atoms. The lowest BCUT2D eigenvalue weighted by Crippen LogP contribution is -2.61. The lowest BCUT2D eigenvalue weighted by atomic mass is 9.39. The zero-order valence-electron chi connectivity index (χ0n) is 13.1. The molecule has 4 aliphatic carbocycles. The highest BCUT2D eigenvalue weighted by atomic mass is 15.2. The Morgan fingerprint density at radius 2 is 1.68 bits per heavy atom. The monoisotopic (exact) mass is 262 g/mol. The molecule has 4 aliphatic rings. The number of hydrogen-bond donors (Lipinski definition) is 2. The van der Waals surface area contributed by atoms with Gasteiger partial charge in [-0.3, -0.25) is 11.3 Å². The first-order chi connectivity index (χ1) is 8.78. The summed E-state index contributed by atoms with van der Waals surface area (Å²) in [4.78, 5) is 0. The van der Waals surface area contributed by atoms with Crippen LogP contribution in [0.1, 0.15) is 66.2 Å². The third-order valence-corrected chi connectivity index (χ3v) is 6.01. The zero-order valence-corrected chi connectivity index (χ0v) is 13.1. The van der Waals surface area contributed by atoms with Crippen LogP contribution in [0, 0.1) is 22.2 Å². The molecule has 0 spiro atoms. The molecule has 4 saturated carbocycles. The summed E-state index contributed by atoms with van der Waals surface area (Å²) >= 11 is 0. The third-order valence-electron chi connectivity index (χ3n) is 6.01. The van der Waals surface area contributed by atoms with E-state index in [0.29, 0.717) is 22.3 Å². The number of nitrogens with two attached hydrogens (primary N) is 1. The first kappa shape index (κ1) is 13.6. The van der Waals surface area contributed by atoms with Crippen LogP contribution < -0.4 is 11.3 Å². The maximum atomic E-state index is 5.93. The Kier molecular flexibility index (Phi) is 2.93. The van der Waals surface area contributed by atoms with E-state index in [9.17, 15) is 0 Å². The van der Waals surface area contributed by atoms with Gasteiger partial charge in [0, 0.05) is 6.04 Å². The second-order valence-corrected chi connectivity index (χ2v) is 8.88. The highest BCUT2D eigenvalue weighted by Gasteiger charge is 2.61. The van der Waals surface area contributed by atoms with E-state index < -0.39 is 0 Å². The molecule has 3 N–H and O–H groups in total. The minimum absolute atomic E-state index is 0.361. The van der Waals surface area contributed by atoms with E-state index in [4.69, 9.17) is 5.84 Å². The van der Waals surface area contributed by atoms with Gasteiger partial charge in [0.25, 0.3) is 0 Å². The Bertz CT molecular complexity index is 389. The van der Waals surface area contributed by atoms with Crippen LogP contribution >= 0.6 is 0 Å². The van der Waals surface area contributed by atoms with Crippen molar-refractivity contribution in [2.75, 3.05) is 0 Å². The average Bonchev–Trinajstić information content (AvgIpc) is 2.20. The van der Waals surface area contributed by atoms with Crippen LogP contribution in [0.3, 0.4) is 0 Å². The van der Waals surface area contributed by atoms with Crippen molar-refractivity contribution in [3.8, 4) is 0 Å². The number of rotatable bonds is 3. The predicted molar refractivity (Wildman–Crippen MR) is 80.4 cm³/mol. The van der Waals surface area contributed by atoms with Crippen LogP contribution in [0.2, 0.25) is 0 Å². The summed E-state index contributed by atoms with van der Waals surface area (Å²) in [6.45, 7) is 9.43. The second kappa shape index (κ2) is 4.08. The molecule has 0 heterocycles. The number of nitrogens with one attached hydrogen (secondary N) is 1. The molecule has 3 unspecified atom stereocenters. The van der Waals surface area contributed by atoms with Crippen molar-refractivity contribution >= 4 is 0 Å². The average molecular weight is 262 g/mol. The molecule has 0 aromatic heterocycles. The Balaban J connectivity index is 1.98. The normalized spacial score (nSPS) is 49.2. The molecule has 108 valence electrons. The lowest BCUT2D eigenvalue weighted by molar-refractivity contribution is -0.152. The van der Waals surface area contributed by atoms with Crippen molar-refractivity contribution in [2.24, 2.45) is 28.0 Å². The molecule has 0 aromatic carbocycles. The standard InChI is InChI=1S/C17H30N2/c1-12(2)5-14(19-18)17-8-13-6-15(3,10-17)9-16(4,7-13)11-17/h5,13-14,19H,6-11,18H2,1-4H3. The van der Waals surface area contributed by atoms with E-state index >= 15 is 0 Å². The van der Waals surface area contributed by atoms with Crippen molar-refractivity contribution in [2.45, 2.75) is 72.3 Å². The van der Waals surface area contributed by atoms with Gasteiger partial charge in [-0.2, -0.15) is 0 Å². The molecule has 0 aliphatic heterocycles. The lowest BCUT2D eigenvalue weighted by Gasteiger charge is -2.67. The molecule has 2 nitrogen and oxygen atoms in total. The molecular formula is C17H30N2. The van der Waals surface area contributed by atoms with Gasteiger partial charge in [-0.05, 0) is 74.5 Å². The van der Waals surface area contributed by atoms with Crippen molar-refractivity contribution < 1.29 is 0 Å². The van der Waals surface area contributed by atoms with Gasteiger partial charge < -0.3 is 0 Å². The van der Waals surface area contributed by atoms with Gasteiger partial charge in [0.2, 0.25) is 0 Å². The summed E-state index contributed by atoms with van der Waals surface area (Å²) in [5.74, 6) is 6.87. The minimum Gasteiger partial charge on any atom is -0.271 e. The fraction of sp³-hybridized carbons (Fsp3) is 0.882. The fourth-order valence-corrected chi connectivity index (χ4v) is 6.62. The predicted octanol–water partition coefficient (Wildman–Crippen LogP) is 3.78. The summed E-state index contributed by atoms with van der Waals surface area (Å²) in [6.07, 6.45) is 10.8. The van der Waals surface area contributed by atoms with E-state index in [1.807, 2.05) is 0 Å². The first-order valence-corrected chi connectivity index (χ1v) is 7.89. The van der Waals surface area contributed by atoms with Crippen molar-refractivity contribution in [1.82, 2.24) is 5.43 Å². The molecule has 4 fully saturated rings. The van der Waals surface area contributed by atoms with Crippen LogP contribution in [0.5, 0.6) is 0 Å². The van der Waals surface area contributed by atoms with Crippen molar-refractivity contribution in [1.29, 1.82) is 0 Å². The van der Waals surface area contributed by atoms with Gasteiger partial charge in [-0.25, -0.2) is 0 Å². The largest absolute Gasteiger partial charge is 0.271 e. The molecule has 2 heteroatoms. The molecule has 3 atom stereocenters. The highest BCUT2D eigenvalue weighted by molar-refractivity contribution is 5.18. The number of hydrogen-bond acceptors (Lipinski definition) is 2. The quantitative estimate of drug-likeness (QED) is 0.461. The summed E-state index contributed by atoms with van der Waals surface area (Å²) < 4.78 is 0. The van der Waals surface area contributed by atoms with E-state index in [-0.39, 0.29) is 0 Å². The van der Waals surface area contributed by atoms with Gasteiger partial charge in [-0.15, -0.1) is 0 Å². The van der Waals surface area contributed by atoms with Crippen LogP contribution in [-0.4, -0.2) is 6.04 Å². The Hall–Kier alpha value is -0.340. The molecule has 4 bridgehead atoms. The van der Waals surface area contributed by atoms with E-state index in [2.05, 4.69) is 39.2 Å². The minimum atomic E-state index is 0.361. The van der Waals surface area contributed by atoms with Crippen molar-refractivity contribution in [3.05, 3.63) is 11.6 Å². The van der Waals surface area contributed by atoms with Crippen LogP contribution in [0.4, 0.5) is 0 Å². The third kappa shape index (κ3) is 2.17. The van der Waals surface area contributed by atoms with Gasteiger partial charge in [0.05, 0.1) is 0 Å². The summed E-state index contributed by atoms with van der Waals surface area (Å²) in [7, 11) is 0. The fourth-order valence-electron chi connectivity index (χ4n) is 6.62.